The van der Waals surface area contributed by atoms with Crippen molar-refractivity contribution in [3.63, 3.8) is 0 Å². The van der Waals surface area contributed by atoms with Gasteiger partial charge in [0.1, 0.15) is 5.76 Å². The summed E-state index contributed by atoms with van der Waals surface area (Å²) in [6.45, 7) is 0.556. The molecule has 0 fully saturated rings. The van der Waals surface area contributed by atoms with Crippen molar-refractivity contribution in [1.29, 1.82) is 0 Å². The van der Waals surface area contributed by atoms with E-state index in [1.807, 2.05) is 12.1 Å². The fourth-order valence-electron chi connectivity index (χ4n) is 1.29. The van der Waals surface area contributed by atoms with Gasteiger partial charge in [-0.25, -0.2) is 0 Å². The van der Waals surface area contributed by atoms with Gasteiger partial charge in [0, 0.05) is 18.8 Å². The van der Waals surface area contributed by atoms with Crippen molar-refractivity contribution in [1.82, 2.24) is 4.90 Å². The Morgan fingerprint density at radius 1 is 1.53 bits per heavy atom. The molecule has 0 saturated heterocycles. The number of carbonyl (C=O) groups excluding carboxylic acids is 1. The van der Waals surface area contributed by atoms with E-state index in [0.717, 1.165) is 23.9 Å². The van der Waals surface area contributed by atoms with Crippen LogP contribution in [0, 0.1) is 0 Å². The number of nitrogens with zero attached hydrogens (tertiary/aromatic N) is 1. The van der Waals surface area contributed by atoms with Crippen LogP contribution in [0.2, 0.25) is 0 Å². The van der Waals surface area contributed by atoms with Gasteiger partial charge in [-0.2, -0.15) is 0 Å². The number of halogens is 1. The van der Waals surface area contributed by atoms with E-state index in [-0.39, 0.29) is 5.91 Å². The third-order valence-corrected chi connectivity index (χ3v) is 2.73. The molecule has 0 atom stereocenters. The summed E-state index contributed by atoms with van der Waals surface area (Å²) in [6.07, 6.45) is 4.22. The van der Waals surface area contributed by atoms with E-state index in [9.17, 15) is 4.79 Å². The SMILES string of the molecule is CN(Cc1ccco1)C(=O)CCCCBr. The quantitative estimate of drug-likeness (QED) is 0.590. The lowest BCUT2D eigenvalue weighted by atomic mass is 10.2. The summed E-state index contributed by atoms with van der Waals surface area (Å²) in [6, 6.07) is 3.71. The summed E-state index contributed by atoms with van der Waals surface area (Å²) >= 11 is 3.35. The lowest BCUT2D eigenvalue weighted by Crippen LogP contribution is -2.25. The molecule has 0 aromatic carbocycles. The molecule has 84 valence electrons. The zero-order valence-electron chi connectivity index (χ0n) is 8.91. The van der Waals surface area contributed by atoms with Crippen molar-refractivity contribution in [2.75, 3.05) is 12.4 Å². The van der Waals surface area contributed by atoms with Crippen LogP contribution < -0.4 is 0 Å². The second kappa shape index (κ2) is 6.67. The Balaban J connectivity index is 2.27. The first-order valence-corrected chi connectivity index (χ1v) is 6.18. The lowest BCUT2D eigenvalue weighted by molar-refractivity contribution is -0.130. The van der Waals surface area contributed by atoms with Gasteiger partial charge in [-0.05, 0) is 25.0 Å². The Bertz CT molecular complexity index is 285. The van der Waals surface area contributed by atoms with Crippen molar-refractivity contribution in [2.45, 2.75) is 25.8 Å². The van der Waals surface area contributed by atoms with Crippen LogP contribution in [-0.2, 0) is 11.3 Å². The molecule has 0 saturated carbocycles. The molecule has 0 spiro atoms. The van der Waals surface area contributed by atoms with Crippen molar-refractivity contribution in [2.24, 2.45) is 0 Å². The standard InChI is InChI=1S/C11H16BrNO2/c1-13(9-10-5-4-8-15-10)11(14)6-2-3-7-12/h4-5,8H,2-3,6-7,9H2,1H3. The Hall–Kier alpha value is -0.770. The Morgan fingerprint density at radius 3 is 2.93 bits per heavy atom. The van der Waals surface area contributed by atoms with Gasteiger partial charge >= 0.3 is 0 Å². The monoisotopic (exact) mass is 273 g/mol. The summed E-state index contributed by atoms with van der Waals surface area (Å²) in [5.41, 5.74) is 0. The normalized spacial score (nSPS) is 10.3. The highest BCUT2D eigenvalue weighted by atomic mass is 79.9. The molecule has 1 rings (SSSR count). The Morgan fingerprint density at radius 2 is 2.33 bits per heavy atom. The molecule has 0 aliphatic heterocycles. The van der Waals surface area contributed by atoms with Gasteiger partial charge in [-0.3, -0.25) is 4.79 Å². The van der Waals surface area contributed by atoms with Gasteiger partial charge in [-0.1, -0.05) is 15.9 Å². The van der Waals surface area contributed by atoms with Crippen molar-refractivity contribution in [3.8, 4) is 0 Å². The van der Waals surface area contributed by atoms with Crippen LogP contribution in [-0.4, -0.2) is 23.2 Å². The van der Waals surface area contributed by atoms with Crippen LogP contribution in [0.5, 0.6) is 0 Å². The summed E-state index contributed by atoms with van der Waals surface area (Å²) in [4.78, 5) is 13.3. The van der Waals surface area contributed by atoms with Crippen LogP contribution in [0.4, 0.5) is 0 Å². The first-order chi connectivity index (χ1) is 7.24. The van der Waals surface area contributed by atoms with Gasteiger partial charge < -0.3 is 9.32 Å². The van der Waals surface area contributed by atoms with E-state index in [1.54, 1.807) is 18.2 Å². The van der Waals surface area contributed by atoms with E-state index in [2.05, 4.69) is 15.9 Å². The highest BCUT2D eigenvalue weighted by Gasteiger charge is 2.09. The van der Waals surface area contributed by atoms with E-state index < -0.39 is 0 Å². The minimum Gasteiger partial charge on any atom is -0.467 e. The zero-order chi connectivity index (χ0) is 11.1. The maximum absolute atomic E-state index is 11.6. The van der Waals surface area contributed by atoms with E-state index in [0.29, 0.717) is 13.0 Å². The van der Waals surface area contributed by atoms with Crippen LogP contribution >= 0.6 is 15.9 Å². The smallest absolute Gasteiger partial charge is 0.222 e. The minimum atomic E-state index is 0.173. The Labute approximate surface area is 98.6 Å². The number of furan rings is 1. The molecule has 1 aromatic rings. The van der Waals surface area contributed by atoms with Gasteiger partial charge in [0.2, 0.25) is 5.91 Å². The number of hydrogen-bond acceptors (Lipinski definition) is 2. The van der Waals surface area contributed by atoms with E-state index in [4.69, 9.17) is 4.42 Å². The number of rotatable bonds is 6. The third-order valence-electron chi connectivity index (χ3n) is 2.17. The molecule has 0 aliphatic rings. The van der Waals surface area contributed by atoms with Gasteiger partial charge in [0.25, 0.3) is 0 Å². The maximum Gasteiger partial charge on any atom is 0.222 e. The van der Waals surface area contributed by atoms with Crippen molar-refractivity contribution >= 4 is 21.8 Å². The predicted molar refractivity (Wildman–Crippen MR) is 62.8 cm³/mol. The summed E-state index contributed by atoms with van der Waals surface area (Å²) in [7, 11) is 1.80. The largest absolute Gasteiger partial charge is 0.467 e. The fourth-order valence-corrected chi connectivity index (χ4v) is 1.68. The molecule has 3 nitrogen and oxygen atoms in total. The lowest BCUT2D eigenvalue weighted by Gasteiger charge is -2.15. The van der Waals surface area contributed by atoms with Crippen LogP contribution in [0.15, 0.2) is 22.8 Å². The van der Waals surface area contributed by atoms with Gasteiger partial charge in [0.05, 0.1) is 12.8 Å². The second-order valence-electron chi connectivity index (χ2n) is 3.48. The topological polar surface area (TPSA) is 33.5 Å². The highest BCUT2D eigenvalue weighted by molar-refractivity contribution is 9.09. The number of amides is 1. The molecular weight excluding hydrogens is 258 g/mol. The number of carbonyl (C=O) groups is 1. The molecule has 0 bridgehead atoms. The van der Waals surface area contributed by atoms with E-state index in [1.165, 1.54) is 0 Å². The average Bonchev–Trinajstić information content (AvgIpc) is 2.70. The predicted octanol–water partition coefficient (Wildman–Crippen LogP) is 2.80. The molecule has 1 amide bonds. The summed E-state index contributed by atoms with van der Waals surface area (Å²) in [5, 5.41) is 0.960. The second-order valence-corrected chi connectivity index (χ2v) is 4.27. The first kappa shape index (κ1) is 12.3. The van der Waals surface area contributed by atoms with Gasteiger partial charge in [0.15, 0.2) is 0 Å². The van der Waals surface area contributed by atoms with Gasteiger partial charge in [-0.15, -0.1) is 0 Å². The molecule has 0 radical (unpaired) electrons. The molecule has 0 unspecified atom stereocenters. The minimum absolute atomic E-state index is 0.173. The number of hydrogen-bond donors (Lipinski definition) is 0. The molecule has 0 aliphatic carbocycles. The Kier molecular flexibility index (Phi) is 5.47. The fraction of sp³-hybridized carbons (Fsp3) is 0.545. The maximum atomic E-state index is 11.6. The number of alkyl halides is 1. The molecular formula is C11H16BrNO2. The summed E-state index contributed by atoms with van der Waals surface area (Å²) < 4.78 is 5.18. The molecule has 4 heteroatoms. The molecule has 1 heterocycles. The summed E-state index contributed by atoms with van der Waals surface area (Å²) in [5.74, 6) is 0.999. The van der Waals surface area contributed by atoms with Crippen molar-refractivity contribution in [3.05, 3.63) is 24.2 Å². The van der Waals surface area contributed by atoms with Crippen molar-refractivity contribution < 1.29 is 9.21 Å². The highest BCUT2D eigenvalue weighted by Crippen LogP contribution is 2.07. The molecule has 1 aromatic heterocycles. The third kappa shape index (κ3) is 4.51. The zero-order valence-corrected chi connectivity index (χ0v) is 10.5. The first-order valence-electron chi connectivity index (χ1n) is 5.06. The van der Waals surface area contributed by atoms with Crippen LogP contribution in [0.3, 0.4) is 0 Å². The molecule has 15 heavy (non-hydrogen) atoms. The van der Waals surface area contributed by atoms with E-state index >= 15 is 0 Å². The van der Waals surface area contributed by atoms with Crippen LogP contribution in [0.1, 0.15) is 25.0 Å². The van der Waals surface area contributed by atoms with Crippen LogP contribution in [0.25, 0.3) is 0 Å². The average molecular weight is 274 g/mol. The number of unbranched alkanes of at least 4 members (excludes halogenated alkanes) is 1. The molecule has 0 N–H and O–H groups in total.